The summed E-state index contributed by atoms with van der Waals surface area (Å²) in [5.74, 6) is 1.17. The summed E-state index contributed by atoms with van der Waals surface area (Å²) in [6.07, 6.45) is 4.29. The highest BCUT2D eigenvalue weighted by Crippen LogP contribution is 2.26. The molecule has 2 aromatic heterocycles. The number of nitrogens with zero attached hydrogens (tertiary/aromatic N) is 4. The van der Waals surface area contributed by atoms with Gasteiger partial charge >= 0.3 is 0 Å². The van der Waals surface area contributed by atoms with Gasteiger partial charge in [-0.1, -0.05) is 31.2 Å². The summed E-state index contributed by atoms with van der Waals surface area (Å²) in [6, 6.07) is 10.8. The largest absolute Gasteiger partial charge is 0.386 e. The van der Waals surface area contributed by atoms with Crippen LogP contribution >= 0.6 is 0 Å². The van der Waals surface area contributed by atoms with E-state index in [4.69, 9.17) is 0 Å². The lowest BCUT2D eigenvalue weighted by atomic mass is 9.92. The number of fused-ring (bicyclic) bond motifs is 1. The molecule has 1 aliphatic rings. The monoisotopic (exact) mass is 434 g/mol. The van der Waals surface area contributed by atoms with E-state index in [2.05, 4.69) is 15.0 Å². The Morgan fingerprint density at radius 1 is 1.19 bits per heavy atom. The number of hydrogen-bond acceptors (Lipinski definition) is 6. The highest BCUT2D eigenvalue weighted by molar-refractivity contribution is 5.97. The first-order valence-corrected chi connectivity index (χ1v) is 11.2. The van der Waals surface area contributed by atoms with Gasteiger partial charge in [0.1, 0.15) is 11.6 Å². The van der Waals surface area contributed by atoms with E-state index in [9.17, 15) is 14.7 Å². The van der Waals surface area contributed by atoms with Crippen LogP contribution in [-0.4, -0.2) is 44.4 Å². The average molecular weight is 435 g/mol. The third-order valence-electron chi connectivity index (χ3n) is 6.20. The van der Waals surface area contributed by atoms with Gasteiger partial charge in [-0.2, -0.15) is 9.61 Å². The minimum Gasteiger partial charge on any atom is -0.386 e. The maximum atomic E-state index is 12.9. The quantitative estimate of drug-likeness (QED) is 0.572. The number of carbonyl (C=O) groups is 2. The lowest BCUT2D eigenvalue weighted by molar-refractivity contribution is -0.122. The van der Waals surface area contributed by atoms with Crippen LogP contribution in [0, 0.1) is 5.92 Å². The number of ketones is 2. The van der Waals surface area contributed by atoms with Gasteiger partial charge < -0.3 is 10.0 Å². The number of aliphatic hydroxyl groups is 1. The van der Waals surface area contributed by atoms with E-state index in [1.165, 1.54) is 0 Å². The lowest BCUT2D eigenvalue weighted by Gasteiger charge is -2.33. The van der Waals surface area contributed by atoms with E-state index in [1.807, 2.05) is 19.1 Å². The van der Waals surface area contributed by atoms with Crippen LogP contribution in [0.15, 0.2) is 42.6 Å². The molecule has 0 saturated carbocycles. The first-order valence-electron chi connectivity index (χ1n) is 11.2. The Morgan fingerprint density at radius 3 is 2.62 bits per heavy atom. The third-order valence-corrected chi connectivity index (χ3v) is 6.20. The summed E-state index contributed by atoms with van der Waals surface area (Å²) in [7, 11) is 0. The Balaban J connectivity index is 1.59. The molecule has 3 aromatic rings. The first-order chi connectivity index (χ1) is 15.3. The van der Waals surface area contributed by atoms with Crippen LogP contribution in [0.3, 0.4) is 0 Å². The second-order valence-corrected chi connectivity index (χ2v) is 9.05. The van der Waals surface area contributed by atoms with E-state index in [1.54, 1.807) is 48.8 Å². The van der Waals surface area contributed by atoms with Crippen molar-refractivity contribution in [3.63, 3.8) is 0 Å². The van der Waals surface area contributed by atoms with Crippen LogP contribution in [0.4, 0.5) is 5.82 Å². The minimum atomic E-state index is -0.948. The molecule has 0 spiro atoms. The van der Waals surface area contributed by atoms with Crippen LogP contribution in [0.1, 0.15) is 61.6 Å². The number of aromatic nitrogens is 3. The van der Waals surface area contributed by atoms with E-state index in [-0.39, 0.29) is 18.1 Å². The number of Topliss-reactive ketones (excluding diaryl/α,β-unsaturated/α-hetero) is 2. The number of hydrogen-bond donors (Lipinski definition) is 1. The van der Waals surface area contributed by atoms with Crippen LogP contribution in [0.25, 0.3) is 5.65 Å². The predicted molar refractivity (Wildman–Crippen MR) is 123 cm³/mol. The van der Waals surface area contributed by atoms with Crippen molar-refractivity contribution in [3.8, 4) is 0 Å². The van der Waals surface area contributed by atoms with Crippen LogP contribution in [0.5, 0.6) is 0 Å². The molecule has 1 saturated heterocycles. The zero-order valence-corrected chi connectivity index (χ0v) is 18.9. The van der Waals surface area contributed by atoms with E-state index in [0.29, 0.717) is 35.7 Å². The Kier molecular flexibility index (Phi) is 6.11. The SMILES string of the molecule is CCC(=O)[C@@H]1CCCN(c2cc(CC(=O)c3ccc(C(C)(C)O)cc3)nc3ccnn23)C1. The van der Waals surface area contributed by atoms with Gasteiger partial charge in [0.25, 0.3) is 0 Å². The zero-order valence-electron chi connectivity index (χ0n) is 18.9. The van der Waals surface area contributed by atoms with Gasteiger partial charge in [-0.15, -0.1) is 0 Å². The number of piperidine rings is 1. The average Bonchev–Trinajstić information content (AvgIpc) is 3.26. The van der Waals surface area contributed by atoms with Crippen molar-refractivity contribution in [2.45, 2.75) is 52.1 Å². The van der Waals surface area contributed by atoms with E-state index in [0.717, 1.165) is 30.8 Å². The topological polar surface area (TPSA) is 87.8 Å². The molecule has 1 aliphatic heterocycles. The van der Waals surface area contributed by atoms with Crippen LogP contribution in [0.2, 0.25) is 0 Å². The number of anilines is 1. The molecule has 1 N–H and O–H groups in total. The highest BCUT2D eigenvalue weighted by atomic mass is 16.3. The molecule has 7 nitrogen and oxygen atoms in total. The Bertz CT molecular complexity index is 1130. The van der Waals surface area contributed by atoms with Gasteiger partial charge in [0.05, 0.1) is 23.9 Å². The van der Waals surface area contributed by atoms with Crippen molar-refractivity contribution in [3.05, 3.63) is 59.4 Å². The predicted octanol–water partition coefficient (Wildman–Crippen LogP) is 3.58. The standard InChI is InChI=1S/C25H30N4O3/c1-4-21(30)18-6-5-13-28(16-18)24-15-20(27-23-11-12-26-29(23)24)14-22(31)17-7-9-19(10-8-17)25(2,3)32/h7-12,15,18,32H,4-6,13-14,16H2,1-3H3/t18-/m1/s1. The molecule has 32 heavy (non-hydrogen) atoms. The van der Waals surface area contributed by atoms with Gasteiger partial charge in [0.15, 0.2) is 11.4 Å². The molecular formula is C25H30N4O3. The van der Waals surface area contributed by atoms with Crippen molar-refractivity contribution < 1.29 is 14.7 Å². The van der Waals surface area contributed by atoms with Crippen LogP contribution < -0.4 is 4.90 Å². The second-order valence-electron chi connectivity index (χ2n) is 9.05. The van der Waals surface area contributed by atoms with Gasteiger partial charge in [0, 0.05) is 43.1 Å². The zero-order chi connectivity index (χ0) is 22.9. The summed E-state index contributed by atoms with van der Waals surface area (Å²) in [5.41, 5.74) is 1.76. The summed E-state index contributed by atoms with van der Waals surface area (Å²) >= 11 is 0. The van der Waals surface area contributed by atoms with Crippen molar-refractivity contribution in [1.29, 1.82) is 0 Å². The second kappa shape index (κ2) is 8.82. The smallest absolute Gasteiger partial charge is 0.168 e. The lowest BCUT2D eigenvalue weighted by Crippen LogP contribution is -2.39. The highest BCUT2D eigenvalue weighted by Gasteiger charge is 2.27. The fourth-order valence-electron chi connectivity index (χ4n) is 4.33. The normalized spacial score (nSPS) is 17.0. The number of carbonyl (C=O) groups excluding carboxylic acids is 2. The summed E-state index contributed by atoms with van der Waals surface area (Å²) in [5, 5.41) is 14.5. The maximum Gasteiger partial charge on any atom is 0.168 e. The van der Waals surface area contributed by atoms with Gasteiger partial charge in [-0.3, -0.25) is 9.59 Å². The van der Waals surface area contributed by atoms with Gasteiger partial charge in [-0.25, -0.2) is 4.98 Å². The number of rotatable bonds is 7. The molecule has 0 unspecified atom stereocenters. The Labute approximate surface area is 188 Å². The Hall–Kier alpha value is -3.06. The molecule has 1 fully saturated rings. The molecule has 0 amide bonds. The minimum absolute atomic E-state index is 0.0342. The molecule has 1 aromatic carbocycles. The number of benzene rings is 1. The fraction of sp³-hybridized carbons (Fsp3) is 0.440. The summed E-state index contributed by atoms with van der Waals surface area (Å²) in [6.45, 7) is 6.86. The molecular weight excluding hydrogens is 404 g/mol. The fourth-order valence-corrected chi connectivity index (χ4v) is 4.33. The molecule has 1 atom stereocenters. The molecule has 0 radical (unpaired) electrons. The third kappa shape index (κ3) is 4.58. The molecule has 168 valence electrons. The maximum absolute atomic E-state index is 12.9. The van der Waals surface area contributed by atoms with Gasteiger partial charge in [-0.05, 0) is 32.3 Å². The molecule has 4 rings (SSSR count). The molecule has 0 aliphatic carbocycles. The summed E-state index contributed by atoms with van der Waals surface area (Å²) in [4.78, 5) is 32.0. The summed E-state index contributed by atoms with van der Waals surface area (Å²) < 4.78 is 1.78. The van der Waals surface area contributed by atoms with E-state index >= 15 is 0 Å². The van der Waals surface area contributed by atoms with Gasteiger partial charge in [0.2, 0.25) is 0 Å². The Morgan fingerprint density at radius 2 is 1.94 bits per heavy atom. The molecule has 7 heteroatoms. The van der Waals surface area contributed by atoms with Crippen molar-refractivity contribution >= 4 is 23.0 Å². The van der Waals surface area contributed by atoms with E-state index < -0.39 is 5.60 Å². The van der Waals surface area contributed by atoms with Crippen molar-refractivity contribution in [2.24, 2.45) is 5.92 Å². The molecule has 3 heterocycles. The van der Waals surface area contributed by atoms with Crippen molar-refractivity contribution in [2.75, 3.05) is 18.0 Å². The first kappa shape index (κ1) is 22.1. The van der Waals surface area contributed by atoms with Crippen molar-refractivity contribution in [1.82, 2.24) is 14.6 Å². The molecule has 0 bridgehead atoms. The van der Waals surface area contributed by atoms with Crippen LogP contribution in [-0.2, 0) is 16.8 Å².